The molecule has 1 saturated heterocycles. The first-order valence-corrected chi connectivity index (χ1v) is 6.93. The fraction of sp³-hybridized carbons (Fsp3) is 0.438. The molecule has 1 aliphatic heterocycles. The van der Waals surface area contributed by atoms with E-state index in [-0.39, 0.29) is 17.7 Å². The number of carbonyl (C=O) groups is 1. The zero-order valence-corrected chi connectivity index (χ0v) is 10.9. The molecule has 1 N–H and O–H groups in total. The Kier molecular flexibility index (Phi) is 2.19. The number of rotatable bonds is 1. The Hall–Kier alpha value is -1.61. The second-order valence-electron chi connectivity index (χ2n) is 5.96. The first-order valence-electron chi connectivity index (χ1n) is 6.93. The number of aryl methyl sites for hydroxylation is 1. The third-order valence-electron chi connectivity index (χ3n) is 5.03. The van der Waals surface area contributed by atoms with Crippen molar-refractivity contribution in [1.29, 1.82) is 0 Å². The number of hydrogen-bond acceptors (Lipinski definition) is 2. The highest BCUT2D eigenvalue weighted by molar-refractivity contribution is 5.99. The number of carbonyl (C=O) groups excluding carboxylic acids is 1. The van der Waals surface area contributed by atoms with Gasteiger partial charge < -0.3 is 5.11 Å². The largest absolute Gasteiger partial charge is 0.373 e. The number of nitrogens with zero attached hydrogens (tertiary/aromatic N) is 1. The summed E-state index contributed by atoms with van der Waals surface area (Å²) in [5.74, 6) is 0.893. The number of benzene rings is 1. The van der Waals surface area contributed by atoms with Crippen LogP contribution in [0.4, 0.5) is 5.69 Å². The van der Waals surface area contributed by atoms with Gasteiger partial charge in [-0.15, -0.1) is 0 Å². The summed E-state index contributed by atoms with van der Waals surface area (Å²) in [4.78, 5) is 14.3. The molecule has 3 nitrogen and oxygen atoms in total. The SMILES string of the molecule is Cc1ccccc1N1C(=O)C2C3C=CC(C3)C2C1O. The minimum absolute atomic E-state index is 0.00962. The van der Waals surface area contributed by atoms with Gasteiger partial charge in [0.05, 0.1) is 5.92 Å². The summed E-state index contributed by atoms with van der Waals surface area (Å²) in [7, 11) is 0. The number of allylic oxidation sites excluding steroid dienone is 2. The minimum Gasteiger partial charge on any atom is -0.373 e. The number of amides is 1. The Morgan fingerprint density at radius 1 is 1.21 bits per heavy atom. The first kappa shape index (κ1) is 11.2. The monoisotopic (exact) mass is 255 g/mol. The lowest BCUT2D eigenvalue weighted by atomic mass is 9.85. The van der Waals surface area contributed by atoms with Crippen molar-refractivity contribution in [3.05, 3.63) is 42.0 Å². The van der Waals surface area contributed by atoms with Gasteiger partial charge in [0.1, 0.15) is 6.23 Å². The molecule has 4 rings (SSSR count). The Morgan fingerprint density at radius 3 is 2.68 bits per heavy atom. The van der Waals surface area contributed by atoms with Gasteiger partial charge in [-0.2, -0.15) is 0 Å². The Bertz CT molecular complexity index is 580. The predicted octanol–water partition coefficient (Wildman–Crippen LogP) is 2.10. The third kappa shape index (κ3) is 1.34. The van der Waals surface area contributed by atoms with Gasteiger partial charge in [0, 0.05) is 11.6 Å². The van der Waals surface area contributed by atoms with Crippen LogP contribution in [0.2, 0.25) is 0 Å². The van der Waals surface area contributed by atoms with E-state index < -0.39 is 6.23 Å². The van der Waals surface area contributed by atoms with Gasteiger partial charge >= 0.3 is 0 Å². The Labute approximate surface area is 112 Å². The fourth-order valence-corrected chi connectivity index (χ4v) is 4.17. The minimum atomic E-state index is -0.668. The van der Waals surface area contributed by atoms with E-state index in [1.165, 1.54) is 0 Å². The zero-order chi connectivity index (χ0) is 13.1. The number of hydrogen-bond donors (Lipinski definition) is 1. The zero-order valence-electron chi connectivity index (χ0n) is 10.9. The van der Waals surface area contributed by atoms with Crippen LogP contribution in [0.1, 0.15) is 12.0 Å². The summed E-state index contributed by atoms with van der Waals surface area (Å²) in [6, 6.07) is 7.78. The quantitative estimate of drug-likeness (QED) is 0.781. The molecular weight excluding hydrogens is 238 g/mol. The van der Waals surface area contributed by atoms with Crippen LogP contribution >= 0.6 is 0 Å². The molecule has 1 amide bonds. The van der Waals surface area contributed by atoms with Crippen LogP contribution in [-0.4, -0.2) is 17.2 Å². The van der Waals surface area contributed by atoms with E-state index in [2.05, 4.69) is 12.2 Å². The second-order valence-corrected chi connectivity index (χ2v) is 5.96. The molecule has 2 aliphatic carbocycles. The maximum absolute atomic E-state index is 12.7. The highest BCUT2D eigenvalue weighted by Crippen LogP contribution is 2.54. The molecule has 2 bridgehead atoms. The van der Waals surface area contributed by atoms with E-state index >= 15 is 0 Å². The molecule has 98 valence electrons. The standard InChI is InChI=1S/C16H17NO2/c1-9-4-2-3-5-12(9)17-15(18)13-10-6-7-11(8-10)14(13)16(17)19/h2-7,10-11,13-15,18H,8H2,1H3. The van der Waals surface area contributed by atoms with Crippen LogP contribution in [0.3, 0.4) is 0 Å². The highest BCUT2D eigenvalue weighted by atomic mass is 16.3. The van der Waals surface area contributed by atoms with Gasteiger partial charge in [-0.05, 0) is 36.8 Å². The Balaban J connectivity index is 1.77. The van der Waals surface area contributed by atoms with Gasteiger partial charge in [0.15, 0.2) is 0 Å². The van der Waals surface area contributed by atoms with Crippen LogP contribution < -0.4 is 4.90 Å². The molecule has 2 fully saturated rings. The molecule has 1 heterocycles. The predicted molar refractivity (Wildman–Crippen MR) is 72.4 cm³/mol. The van der Waals surface area contributed by atoms with Crippen LogP contribution in [0, 0.1) is 30.6 Å². The lowest BCUT2D eigenvalue weighted by Crippen LogP contribution is -2.37. The first-order chi connectivity index (χ1) is 9.18. The number of fused-ring (bicyclic) bond motifs is 5. The summed E-state index contributed by atoms with van der Waals surface area (Å²) < 4.78 is 0. The van der Waals surface area contributed by atoms with E-state index in [1.54, 1.807) is 4.90 Å². The van der Waals surface area contributed by atoms with Crippen LogP contribution in [-0.2, 0) is 4.79 Å². The molecule has 1 aromatic carbocycles. The molecule has 3 heteroatoms. The van der Waals surface area contributed by atoms with E-state index in [0.29, 0.717) is 11.8 Å². The molecule has 5 unspecified atom stereocenters. The van der Waals surface area contributed by atoms with E-state index in [4.69, 9.17) is 0 Å². The van der Waals surface area contributed by atoms with Crippen molar-refractivity contribution in [3.63, 3.8) is 0 Å². The lowest BCUT2D eigenvalue weighted by molar-refractivity contribution is -0.121. The maximum atomic E-state index is 12.7. The molecule has 5 atom stereocenters. The number of aliphatic hydroxyl groups excluding tert-OH is 1. The molecule has 19 heavy (non-hydrogen) atoms. The van der Waals surface area contributed by atoms with Crippen molar-refractivity contribution in [1.82, 2.24) is 0 Å². The fourth-order valence-electron chi connectivity index (χ4n) is 4.17. The molecule has 0 aromatic heterocycles. The maximum Gasteiger partial charge on any atom is 0.233 e. The van der Waals surface area contributed by atoms with Gasteiger partial charge in [0.2, 0.25) is 5.91 Å². The Morgan fingerprint density at radius 2 is 1.95 bits per heavy atom. The van der Waals surface area contributed by atoms with Crippen molar-refractivity contribution >= 4 is 11.6 Å². The summed E-state index contributed by atoms with van der Waals surface area (Å²) in [5.41, 5.74) is 1.89. The van der Waals surface area contributed by atoms with E-state index in [0.717, 1.165) is 17.7 Å². The third-order valence-corrected chi connectivity index (χ3v) is 5.03. The van der Waals surface area contributed by atoms with Gasteiger partial charge in [-0.1, -0.05) is 30.4 Å². The average molecular weight is 255 g/mol. The second kappa shape index (κ2) is 3.70. The summed E-state index contributed by atoms with van der Waals surface area (Å²) >= 11 is 0. The van der Waals surface area contributed by atoms with Crippen molar-refractivity contribution in [2.75, 3.05) is 4.90 Å². The van der Waals surface area contributed by atoms with Crippen molar-refractivity contribution in [2.45, 2.75) is 19.6 Å². The van der Waals surface area contributed by atoms with Crippen molar-refractivity contribution < 1.29 is 9.90 Å². The van der Waals surface area contributed by atoms with E-state index in [9.17, 15) is 9.90 Å². The molecule has 1 aromatic rings. The molecular formula is C16H17NO2. The van der Waals surface area contributed by atoms with Crippen LogP contribution in [0.5, 0.6) is 0 Å². The summed E-state index contributed by atoms with van der Waals surface area (Å²) in [5, 5.41) is 10.6. The summed E-state index contributed by atoms with van der Waals surface area (Å²) in [6.45, 7) is 1.98. The molecule has 0 radical (unpaired) electrons. The number of para-hydroxylation sites is 1. The lowest BCUT2D eigenvalue weighted by Gasteiger charge is -2.26. The molecule has 0 spiro atoms. The molecule has 3 aliphatic rings. The number of aliphatic hydroxyl groups is 1. The van der Waals surface area contributed by atoms with Crippen LogP contribution in [0.15, 0.2) is 36.4 Å². The van der Waals surface area contributed by atoms with Gasteiger partial charge in [-0.25, -0.2) is 0 Å². The van der Waals surface area contributed by atoms with E-state index in [1.807, 2.05) is 31.2 Å². The normalized spacial score (nSPS) is 39.2. The molecule has 1 saturated carbocycles. The van der Waals surface area contributed by atoms with Crippen molar-refractivity contribution in [3.8, 4) is 0 Å². The summed E-state index contributed by atoms with van der Waals surface area (Å²) in [6.07, 6.45) is 4.72. The van der Waals surface area contributed by atoms with Crippen molar-refractivity contribution in [2.24, 2.45) is 23.7 Å². The highest BCUT2D eigenvalue weighted by Gasteiger charge is 2.59. The average Bonchev–Trinajstić information content (AvgIpc) is 3.06. The van der Waals surface area contributed by atoms with Gasteiger partial charge in [-0.3, -0.25) is 9.69 Å². The number of anilines is 1. The topological polar surface area (TPSA) is 40.5 Å². The van der Waals surface area contributed by atoms with Gasteiger partial charge in [0.25, 0.3) is 0 Å². The van der Waals surface area contributed by atoms with Crippen LogP contribution in [0.25, 0.3) is 0 Å². The smallest absolute Gasteiger partial charge is 0.233 e.